The molecule has 1 aromatic heterocycles. The SMILES string of the molecule is CCOc1cc(/C=N\NC(=O)c2cccnc2)ccc1OCc1cc(C)ccc1C. The average Bonchev–Trinajstić information content (AvgIpc) is 2.76. The van der Waals surface area contributed by atoms with Gasteiger partial charge in [-0.15, -0.1) is 0 Å². The third-order valence-electron chi connectivity index (χ3n) is 4.46. The lowest BCUT2D eigenvalue weighted by atomic mass is 10.1. The van der Waals surface area contributed by atoms with Gasteiger partial charge >= 0.3 is 0 Å². The topological polar surface area (TPSA) is 72.8 Å². The van der Waals surface area contributed by atoms with Crippen LogP contribution in [0.1, 0.15) is 39.5 Å². The van der Waals surface area contributed by atoms with Gasteiger partial charge in [0.25, 0.3) is 5.91 Å². The number of carbonyl (C=O) groups is 1. The third kappa shape index (κ3) is 5.67. The minimum Gasteiger partial charge on any atom is -0.490 e. The fraction of sp³-hybridized carbons (Fsp3) is 0.208. The standard InChI is InChI=1S/C24H25N3O3/c1-4-29-23-13-19(14-26-27-24(28)20-6-5-11-25-15-20)9-10-22(23)30-16-21-12-17(2)7-8-18(21)3/h5-15H,4,16H2,1-3H3,(H,27,28)/b26-14-. The van der Waals surface area contributed by atoms with Gasteiger partial charge in [0.15, 0.2) is 11.5 Å². The Kier molecular flexibility index (Phi) is 7.16. The Hall–Kier alpha value is -3.67. The molecule has 6 nitrogen and oxygen atoms in total. The number of carbonyl (C=O) groups excluding carboxylic acids is 1. The molecule has 0 bridgehead atoms. The predicted molar refractivity (Wildman–Crippen MR) is 117 cm³/mol. The predicted octanol–water partition coefficient (Wildman–Crippen LogP) is 4.44. The van der Waals surface area contributed by atoms with Crippen molar-refractivity contribution < 1.29 is 14.3 Å². The summed E-state index contributed by atoms with van der Waals surface area (Å²) in [6.07, 6.45) is 4.66. The van der Waals surface area contributed by atoms with Crippen LogP contribution >= 0.6 is 0 Å². The average molecular weight is 403 g/mol. The van der Waals surface area contributed by atoms with Crippen molar-refractivity contribution >= 4 is 12.1 Å². The molecule has 0 fully saturated rings. The number of aromatic nitrogens is 1. The van der Waals surface area contributed by atoms with Crippen molar-refractivity contribution in [2.75, 3.05) is 6.61 Å². The molecule has 0 radical (unpaired) electrons. The molecule has 0 saturated heterocycles. The summed E-state index contributed by atoms with van der Waals surface area (Å²) < 4.78 is 11.8. The van der Waals surface area contributed by atoms with Gasteiger partial charge in [-0.2, -0.15) is 5.10 Å². The molecule has 0 atom stereocenters. The Balaban J connectivity index is 1.68. The zero-order chi connectivity index (χ0) is 21.3. The lowest BCUT2D eigenvalue weighted by Gasteiger charge is -2.14. The quantitative estimate of drug-likeness (QED) is 0.446. The highest BCUT2D eigenvalue weighted by Gasteiger charge is 2.08. The minimum atomic E-state index is -0.321. The Morgan fingerprint density at radius 2 is 1.97 bits per heavy atom. The van der Waals surface area contributed by atoms with E-state index in [9.17, 15) is 4.79 Å². The normalized spacial score (nSPS) is 10.8. The smallest absolute Gasteiger partial charge is 0.272 e. The maximum Gasteiger partial charge on any atom is 0.272 e. The number of pyridine rings is 1. The van der Waals surface area contributed by atoms with Crippen LogP contribution in [-0.2, 0) is 6.61 Å². The number of hydrogen-bond acceptors (Lipinski definition) is 5. The van der Waals surface area contributed by atoms with E-state index in [-0.39, 0.29) is 5.91 Å². The van der Waals surface area contributed by atoms with Gasteiger partial charge in [-0.1, -0.05) is 23.8 Å². The largest absolute Gasteiger partial charge is 0.490 e. The summed E-state index contributed by atoms with van der Waals surface area (Å²) in [4.78, 5) is 15.9. The number of amides is 1. The molecule has 2 aromatic carbocycles. The van der Waals surface area contributed by atoms with Crippen LogP contribution in [0.15, 0.2) is 66.0 Å². The first kappa shape index (κ1) is 21.0. The van der Waals surface area contributed by atoms with Gasteiger partial charge in [0.05, 0.1) is 18.4 Å². The molecule has 0 aliphatic rings. The Labute approximate surface area is 176 Å². The summed E-state index contributed by atoms with van der Waals surface area (Å²) in [7, 11) is 0. The van der Waals surface area contributed by atoms with Gasteiger partial charge in [-0.25, -0.2) is 5.43 Å². The lowest BCUT2D eigenvalue weighted by Crippen LogP contribution is -2.17. The Morgan fingerprint density at radius 3 is 2.73 bits per heavy atom. The molecule has 0 aliphatic carbocycles. The number of nitrogens with one attached hydrogen (secondary N) is 1. The Bertz CT molecular complexity index is 1030. The van der Waals surface area contributed by atoms with Gasteiger partial charge in [-0.3, -0.25) is 9.78 Å². The molecule has 30 heavy (non-hydrogen) atoms. The summed E-state index contributed by atoms with van der Waals surface area (Å²) in [6, 6.07) is 15.2. The highest BCUT2D eigenvalue weighted by molar-refractivity contribution is 5.94. The summed E-state index contributed by atoms with van der Waals surface area (Å²) in [5.41, 5.74) is 7.24. The third-order valence-corrected chi connectivity index (χ3v) is 4.46. The van der Waals surface area contributed by atoms with Crippen molar-refractivity contribution in [2.24, 2.45) is 5.10 Å². The van der Waals surface area contributed by atoms with Crippen LogP contribution in [0.25, 0.3) is 0 Å². The first-order valence-corrected chi connectivity index (χ1v) is 9.76. The van der Waals surface area contributed by atoms with Crippen LogP contribution in [0.4, 0.5) is 0 Å². The van der Waals surface area contributed by atoms with Crippen LogP contribution in [0.3, 0.4) is 0 Å². The summed E-state index contributed by atoms with van der Waals surface area (Å²) in [5.74, 6) is 0.970. The highest BCUT2D eigenvalue weighted by Crippen LogP contribution is 2.29. The van der Waals surface area contributed by atoms with Crippen molar-refractivity contribution in [3.05, 3.63) is 88.7 Å². The van der Waals surface area contributed by atoms with E-state index in [1.165, 1.54) is 17.3 Å². The first-order valence-electron chi connectivity index (χ1n) is 9.76. The molecule has 3 aromatic rings. The summed E-state index contributed by atoms with van der Waals surface area (Å²) in [5, 5.41) is 4.01. The van der Waals surface area contributed by atoms with Crippen LogP contribution in [0.2, 0.25) is 0 Å². The Morgan fingerprint density at radius 1 is 1.10 bits per heavy atom. The van der Waals surface area contributed by atoms with E-state index in [2.05, 4.69) is 47.6 Å². The molecular weight excluding hydrogens is 378 g/mol. The molecule has 1 heterocycles. The fourth-order valence-corrected chi connectivity index (χ4v) is 2.83. The molecule has 0 aliphatic heterocycles. The summed E-state index contributed by atoms with van der Waals surface area (Å²) in [6.45, 7) is 7.03. The maximum atomic E-state index is 12.0. The van der Waals surface area contributed by atoms with Crippen molar-refractivity contribution in [3.63, 3.8) is 0 Å². The van der Waals surface area contributed by atoms with Crippen LogP contribution < -0.4 is 14.9 Å². The number of rotatable bonds is 8. The summed E-state index contributed by atoms with van der Waals surface area (Å²) >= 11 is 0. The molecular formula is C24H25N3O3. The second-order valence-corrected chi connectivity index (χ2v) is 6.80. The highest BCUT2D eigenvalue weighted by atomic mass is 16.5. The van der Waals surface area contributed by atoms with E-state index in [0.29, 0.717) is 30.3 Å². The molecule has 0 unspecified atom stereocenters. The second-order valence-electron chi connectivity index (χ2n) is 6.80. The molecule has 3 rings (SSSR count). The molecule has 0 saturated carbocycles. The number of hydrazone groups is 1. The molecule has 1 N–H and O–H groups in total. The van der Waals surface area contributed by atoms with E-state index in [1.54, 1.807) is 24.5 Å². The van der Waals surface area contributed by atoms with Gasteiger partial charge in [0.2, 0.25) is 0 Å². The molecule has 0 spiro atoms. The monoisotopic (exact) mass is 403 g/mol. The van der Waals surface area contributed by atoms with Gasteiger partial charge in [0, 0.05) is 12.4 Å². The van der Waals surface area contributed by atoms with E-state index < -0.39 is 0 Å². The maximum absolute atomic E-state index is 12.0. The van der Waals surface area contributed by atoms with E-state index >= 15 is 0 Å². The molecule has 154 valence electrons. The van der Waals surface area contributed by atoms with E-state index in [4.69, 9.17) is 9.47 Å². The fourth-order valence-electron chi connectivity index (χ4n) is 2.83. The van der Waals surface area contributed by atoms with Crippen LogP contribution in [0.5, 0.6) is 11.5 Å². The van der Waals surface area contributed by atoms with Crippen molar-refractivity contribution in [1.29, 1.82) is 0 Å². The number of nitrogens with zero attached hydrogens (tertiary/aromatic N) is 2. The van der Waals surface area contributed by atoms with Gasteiger partial charge in [-0.05, 0) is 67.8 Å². The van der Waals surface area contributed by atoms with E-state index in [1.807, 2.05) is 25.1 Å². The van der Waals surface area contributed by atoms with Gasteiger partial charge in [0.1, 0.15) is 6.61 Å². The van der Waals surface area contributed by atoms with Crippen LogP contribution in [0, 0.1) is 13.8 Å². The second kappa shape index (κ2) is 10.2. The van der Waals surface area contributed by atoms with E-state index in [0.717, 1.165) is 11.1 Å². The molecule has 6 heteroatoms. The zero-order valence-electron chi connectivity index (χ0n) is 17.4. The number of hydrogen-bond donors (Lipinski definition) is 1. The number of benzene rings is 2. The van der Waals surface area contributed by atoms with Crippen molar-refractivity contribution in [2.45, 2.75) is 27.4 Å². The van der Waals surface area contributed by atoms with Crippen LogP contribution in [-0.4, -0.2) is 23.7 Å². The van der Waals surface area contributed by atoms with Gasteiger partial charge < -0.3 is 9.47 Å². The zero-order valence-corrected chi connectivity index (χ0v) is 17.4. The van der Waals surface area contributed by atoms with Crippen molar-refractivity contribution in [3.8, 4) is 11.5 Å². The lowest BCUT2D eigenvalue weighted by molar-refractivity contribution is 0.0955. The number of aryl methyl sites for hydroxylation is 2. The number of ether oxygens (including phenoxy) is 2. The van der Waals surface area contributed by atoms with Crippen molar-refractivity contribution in [1.82, 2.24) is 10.4 Å². The first-order chi connectivity index (χ1) is 14.6. The molecule has 1 amide bonds. The minimum absolute atomic E-state index is 0.321.